The number of oxazole rings is 1. The van der Waals surface area contributed by atoms with E-state index in [1.165, 1.54) is 42.8 Å². The Bertz CT molecular complexity index is 1050. The third kappa shape index (κ3) is 10.4. The van der Waals surface area contributed by atoms with Gasteiger partial charge in [0.25, 0.3) is 5.89 Å². The van der Waals surface area contributed by atoms with Crippen LogP contribution >= 0.6 is 0 Å². The van der Waals surface area contributed by atoms with Crippen LogP contribution in [0.4, 0.5) is 0 Å². The first kappa shape index (κ1) is 28.4. The van der Waals surface area contributed by atoms with Crippen LogP contribution < -0.4 is 15.4 Å². The normalized spacial score (nSPS) is 12.7. The van der Waals surface area contributed by atoms with Crippen molar-refractivity contribution in [2.24, 2.45) is 0 Å². The third-order valence-corrected chi connectivity index (χ3v) is 6.27. The van der Waals surface area contributed by atoms with Crippen molar-refractivity contribution in [1.29, 1.82) is 0 Å². The number of ether oxygens (including phenoxy) is 1. The molecule has 0 aliphatic heterocycles. The Balaban J connectivity index is 1.57. The molecule has 2 unspecified atom stereocenters. The van der Waals surface area contributed by atoms with Gasteiger partial charge in [-0.3, -0.25) is 4.79 Å². The van der Waals surface area contributed by atoms with Crippen molar-refractivity contribution in [3.05, 3.63) is 83.6 Å². The van der Waals surface area contributed by atoms with E-state index in [0.29, 0.717) is 32.5 Å². The van der Waals surface area contributed by atoms with Crippen LogP contribution in [0.5, 0.6) is 5.75 Å². The summed E-state index contributed by atoms with van der Waals surface area (Å²) in [5, 5.41) is 17.1. The van der Waals surface area contributed by atoms with Gasteiger partial charge >= 0.3 is 5.91 Å². The predicted molar refractivity (Wildman–Crippen MR) is 146 cm³/mol. The molecule has 0 spiro atoms. The summed E-state index contributed by atoms with van der Waals surface area (Å²) >= 11 is 0. The van der Waals surface area contributed by atoms with Crippen molar-refractivity contribution in [1.82, 2.24) is 15.6 Å². The molecule has 3 N–H and O–H groups in total. The molecule has 0 saturated heterocycles. The Labute approximate surface area is 220 Å². The van der Waals surface area contributed by atoms with E-state index in [1.807, 2.05) is 24.3 Å². The largest absolute Gasteiger partial charge is 0.494 e. The fourth-order valence-corrected chi connectivity index (χ4v) is 4.30. The number of nitrogens with one attached hydrogen (secondary N) is 2. The SMILES string of the molecule is CCCCCCOc1cccc(CC(CC(O)CNCc2cccc(CC)c2)NC(=O)c2ncco2)c1. The summed E-state index contributed by atoms with van der Waals surface area (Å²) in [5.74, 6) is 0.441. The lowest BCUT2D eigenvalue weighted by Gasteiger charge is -2.22. The van der Waals surface area contributed by atoms with Crippen LogP contribution in [0.1, 0.15) is 73.3 Å². The molecule has 2 atom stereocenters. The van der Waals surface area contributed by atoms with Crippen molar-refractivity contribution in [3.63, 3.8) is 0 Å². The zero-order valence-electron chi connectivity index (χ0n) is 22.1. The fraction of sp³-hybridized carbons (Fsp3) is 0.467. The van der Waals surface area contributed by atoms with E-state index in [1.54, 1.807) is 0 Å². The van der Waals surface area contributed by atoms with Crippen LogP contribution in [0.3, 0.4) is 0 Å². The summed E-state index contributed by atoms with van der Waals surface area (Å²) in [5.41, 5.74) is 3.51. The van der Waals surface area contributed by atoms with Gasteiger partial charge in [-0.2, -0.15) is 0 Å². The number of aromatic nitrogens is 1. The lowest BCUT2D eigenvalue weighted by atomic mass is 10.00. The van der Waals surface area contributed by atoms with Crippen LogP contribution in [0.15, 0.2) is 65.4 Å². The van der Waals surface area contributed by atoms with E-state index in [4.69, 9.17) is 9.15 Å². The summed E-state index contributed by atoms with van der Waals surface area (Å²) in [6.07, 6.45) is 8.73. The van der Waals surface area contributed by atoms with Crippen molar-refractivity contribution >= 4 is 5.91 Å². The molecular weight excluding hydrogens is 466 g/mol. The first-order chi connectivity index (χ1) is 18.1. The molecule has 2 aromatic carbocycles. The number of amides is 1. The average molecular weight is 508 g/mol. The van der Waals surface area contributed by atoms with Crippen LogP contribution in [0, 0.1) is 0 Å². The van der Waals surface area contributed by atoms with Gasteiger partial charge in [-0.05, 0) is 54.5 Å². The molecule has 200 valence electrons. The highest BCUT2D eigenvalue weighted by Gasteiger charge is 2.21. The summed E-state index contributed by atoms with van der Waals surface area (Å²) < 4.78 is 11.1. The molecular formula is C30H41N3O4. The standard InChI is InChI=1S/C30H41N3O4/c1-3-5-6-7-15-36-28-13-9-11-24(19-28)18-26(33-29(35)30-32-14-16-37-30)20-27(34)22-31-21-25-12-8-10-23(4-2)17-25/h8-14,16-17,19,26-27,31,34H,3-7,15,18,20-22H2,1-2H3,(H,33,35). The molecule has 1 amide bonds. The number of aryl methyl sites for hydroxylation is 1. The summed E-state index contributed by atoms with van der Waals surface area (Å²) in [4.78, 5) is 16.6. The first-order valence-corrected chi connectivity index (χ1v) is 13.5. The van der Waals surface area contributed by atoms with E-state index in [-0.39, 0.29) is 11.9 Å². The number of rotatable bonds is 17. The number of hydrogen-bond acceptors (Lipinski definition) is 6. The number of unbranched alkanes of at least 4 members (excludes halogenated alkanes) is 3. The van der Waals surface area contributed by atoms with Gasteiger partial charge in [0.1, 0.15) is 12.0 Å². The van der Waals surface area contributed by atoms with Crippen molar-refractivity contribution in [2.45, 2.75) is 77.5 Å². The first-order valence-electron chi connectivity index (χ1n) is 13.5. The van der Waals surface area contributed by atoms with Crippen LogP contribution in [0.25, 0.3) is 0 Å². The highest BCUT2D eigenvalue weighted by Crippen LogP contribution is 2.17. The maximum Gasteiger partial charge on any atom is 0.307 e. The van der Waals surface area contributed by atoms with E-state index in [9.17, 15) is 9.90 Å². The number of benzene rings is 2. The predicted octanol–water partition coefficient (Wildman–Crippen LogP) is 5.08. The third-order valence-electron chi connectivity index (χ3n) is 6.27. The van der Waals surface area contributed by atoms with E-state index < -0.39 is 12.0 Å². The lowest BCUT2D eigenvalue weighted by molar-refractivity contribution is 0.0875. The quantitative estimate of drug-likeness (QED) is 0.221. The zero-order chi connectivity index (χ0) is 26.3. The maximum atomic E-state index is 12.7. The van der Waals surface area contributed by atoms with Gasteiger partial charge in [0.15, 0.2) is 0 Å². The van der Waals surface area contributed by atoms with Crippen LogP contribution in [-0.4, -0.2) is 41.3 Å². The Morgan fingerprint density at radius 1 is 1.05 bits per heavy atom. The molecule has 37 heavy (non-hydrogen) atoms. The van der Waals surface area contributed by atoms with Crippen LogP contribution in [-0.2, 0) is 19.4 Å². The molecule has 7 nitrogen and oxygen atoms in total. The average Bonchev–Trinajstić information content (AvgIpc) is 3.44. The number of nitrogens with zero attached hydrogens (tertiary/aromatic N) is 1. The molecule has 7 heteroatoms. The molecule has 1 aromatic heterocycles. The Kier molecular flexibility index (Phi) is 12.2. The molecule has 0 bridgehead atoms. The molecule has 1 heterocycles. The summed E-state index contributed by atoms with van der Waals surface area (Å²) in [6.45, 7) is 6.12. The molecule has 0 saturated carbocycles. The Morgan fingerprint density at radius 3 is 2.65 bits per heavy atom. The molecule has 0 aliphatic rings. The smallest absolute Gasteiger partial charge is 0.307 e. The topological polar surface area (TPSA) is 96.6 Å². The molecule has 0 fully saturated rings. The van der Waals surface area contributed by atoms with Gasteiger partial charge in [0, 0.05) is 19.1 Å². The van der Waals surface area contributed by atoms with Crippen molar-refractivity contribution in [3.8, 4) is 5.75 Å². The highest BCUT2D eigenvalue weighted by atomic mass is 16.5. The molecule has 3 rings (SSSR count). The van der Waals surface area contributed by atoms with Gasteiger partial charge in [-0.1, -0.05) is 69.5 Å². The Hall–Kier alpha value is -3.16. The number of carbonyl (C=O) groups is 1. The molecule has 0 radical (unpaired) electrons. The van der Waals surface area contributed by atoms with Gasteiger partial charge in [0.05, 0.1) is 18.9 Å². The van der Waals surface area contributed by atoms with Crippen LogP contribution in [0.2, 0.25) is 0 Å². The van der Waals surface area contributed by atoms with Gasteiger partial charge in [0.2, 0.25) is 0 Å². The number of aliphatic hydroxyl groups is 1. The van der Waals surface area contributed by atoms with E-state index in [2.05, 4.69) is 53.7 Å². The van der Waals surface area contributed by atoms with E-state index in [0.717, 1.165) is 24.2 Å². The second-order valence-electron chi connectivity index (χ2n) is 9.46. The Morgan fingerprint density at radius 2 is 1.86 bits per heavy atom. The highest BCUT2D eigenvalue weighted by molar-refractivity contribution is 5.89. The maximum absolute atomic E-state index is 12.7. The van der Waals surface area contributed by atoms with E-state index >= 15 is 0 Å². The molecule has 3 aromatic rings. The fourth-order valence-electron chi connectivity index (χ4n) is 4.30. The van der Waals surface area contributed by atoms with Gasteiger partial charge in [-0.25, -0.2) is 4.98 Å². The minimum absolute atomic E-state index is 0.0117. The number of carbonyl (C=O) groups excluding carboxylic acids is 1. The number of hydrogen-bond donors (Lipinski definition) is 3. The number of aliphatic hydroxyl groups excluding tert-OH is 1. The summed E-state index contributed by atoms with van der Waals surface area (Å²) in [6, 6.07) is 16.1. The minimum atomic E-state index is -0.637. The minimum Gasteiger partial charge on any atom is -0.494 e. The summed E-state index contributed by atoms with van der Waals surface area (Å²) in [7, 11) is 0. The monoisotopic (exact) mass is 507 g/mol. The molecule has 0 aliphatic carbocycles. The van der Waals surface area contributed by atoms with Gasteiger partial charge < -0.3 is 24.9 Å². The zero-order valence-corrected chi connectivity index (χ0v) is 22.1. The second-order valence-corrected chi connectivity index (χ2v) is 9.46. The second kappa shape index (κ2) is 15.8. The van der Waals surface area contributed by atoms with Crippen molar-refractivity contribution < 1.29 is 19.1 Å². The van der Waals surface area contributed by atoms with Gasteiger partial charge in [-0.15, -0.1) is 0 Å². The van der Waals surface area contributed by atoms with Crippen molar-refractivity contribution in [2.75, 3.05) is 13.2 Å². The lowest BCUT2D eigenvalue weighted by Crippen LogP contribution is -2.41.